The van der Waals surface area contributed by atoms with Crippen LogP contribution in [0.15, 0.2) is 30.5 Å². The normalized spacial score (nSPS) is 14.0. The summed E-state index contributed by atoms with van der Waals surface area (Å²) in [7, 11) is 0. The molecule has 1 aliphatic carbocycles. The van der Waals surface area contributed by atoms with Gasteiger partial charge in [0.05, 0.1) is 12.1 Å². The zero-order valence-electron chi connectivity index (χ0n) is 6.95. The molecule has 1 heterocycles. The van der Waals surface area contributed by atoms with Gasteiger partial charge in [-0.15, -0.1) is 0 Å². The van der Waals surface area contributed by atoms with Gasteiger partial charge in [-0.25, -0.2) is 0 Å². The Morgan fingerprint density at radius 2 is 2.15 bits per heavy atom. The molecule has 0 aliphatic heterocycles. The first-order chi connectivity index (χ1) is 6.36. The number of aromatic nitrogens is 1. The Morgan fingerprint density at radius 3 is 3.08 bits per heavy atom. The van der Waals surface area contributed by atoms with Gasteiger partial charge in [0.1, 0.15) is 0 Å². The van der Waals surface area contributed by atoms with Crippen LogP contribution in [0.1, 0.15) is 16.1 Å². The van der Waals surface area contributed by atoms with Crippen molar-refractivity contribution in [2.45, 2.75) is 6.42 Å². The van der Waals surface area contributed by atoms with E-state index in [9.17, 15) is 4.79 Å². The molecule has 0 N–H and O–H groups in total. The molecule has 0 saturated heterocycles. The van der Waals surface area contributed by atoms with Crippen molar-refractivity contribution in [1.82, 2.24) is 4.98 Å². The fourth-order valence-corrected chi connectivity index (χ4v) is 1.92. The van der Waals surface area contributed by atoms with Gasteiger partial charge < -0.3 is 0 Å². The maximum Gasteiger partial charge on any atom is 0.169 e. The molecule has 0 amide bonds. The molecule has 1 aromatic heterocycles. The van der Waals surface area contributed by atoms with Crippen molar-refractivity contribution in [3.63, 3.8) is 0 Å². The van der Waals surface area contributed by atoms with E-state index < -0.39 is 0 Å². The van der Waals surface area contributed by atoms with Gasteiger partial charge >= 0.3 is 0 Å². The largest absolute Gasteiger partial charge is 0.294 e. The van der Waals surface area contributed by atoms with Gasteiger partial charge in [-0.1, -0.05) is 18.2 Å². The first-order valence-corrected chi connectivity index (χ1v) is 4.26. The maximum atomic E-state index is 11.5. The standard InChI is InChI=1S/C11H7NO/c13-10-6-9-11-7(4-5-12-9)2-1-3-8(10)11/h1-5H,6H2. The van der Waals surface area contributed by atoms with Crippen LogP contribution in [0.5, 0.6) is 0 Å². The van der Waals surface area contributed by atoms with Crippen LogP contribution in [0.3, 0.4) is 0 Å². The molecule has 1 aromatic carbocycles. The minimum Gasteiger partial charge on any atom is -0.294 e. The van der Waals surface area contributed by atoms with E-state index in [-0.39, 0.29) is 5.78 Å². The van der Waals surface area contributed by atoms with Crippen molar-refractivity contribution in [2.24, 2.45) is 0 Å². The monoisotopic (exact) mass is 169 g/mol. The number of pyridine rings is 1. The zero-order chi connectivity index (χ0) is 8.84. The highest BCUT2D eigenvalue weighted by molar-refractivity contribution is 6.14. The van der Waals surface area contributed by atoms with E-state index in [0.29, 0.717) is 6.42 Å². The van der Waals surface area contributed by atoms with Crippen molar-refractivity contribution >= 4 is 16.6 Å². The molecule has 2 heteroatoms. The summed E-state index contributed by atoms with van der Waals surface area (Å²) in [6.45, 7) is 0. The van der Waals surface area contributed by atoms with E-state index in [1.165, 1.54) is 0 Å². The maximum absolute atomic E-state index is 11.5. The molecule has 2 aromatic rings. The van der Waals surface area contributed by atoms with Crippen LogP contribution < -0.4 is 0 Å². The molecule has 3 rings (SSSR count). The first kappa shape index (κ1) is 6.78. The highest BCUT2D eigenvalue weighted by atomic mass is 16.1. The Labute approximate surface area is 75.2 Å². The molecule has 62 valence electrons. The van der Waals surface area contributed by atoms with Crippen LogP contribution in [0.2, 0.25) is 0 Å². The lowest BCUT2D eigenvalue weighted by molar-refractivity contribution is 0.0999. The molecule has 0 spiro atoms. The molecular weight excluding hydrogens is 162 g/mol. The Kier molecular flexibility index (Phi) is 1.13. The van der Waals surface area contributed by atoms with E-state index >= 15 is 0 Å². The Hall–Kier alpha value is -1.70. The molecular formula is C11H7NO. The number of nitrogens with zero attached hydrogens (tertiary/aromatic N) is 1. The predicted octanol–water partition coefficient (Wildman–Crippen LogP) is 1.97. The molecule has 0 fully saturated rings. The smallest absolute Gasteiger partial charge is 0.169 e. The van der Waals surface area contributed by atoms with E-state index in [0.717, 1.165) is 22.0 Å². The SMILES string of the molecule is O=C1Cc2nccc3cccc1c23. The van der Waals surface area contributed by atoms with Crippen LogP contribution in [-0.4, -0.2) is 10.8 Å². The Balaban J connectivity index is 2.58. The van der Waals surface area contributed by atoms with Crippen LogP contribution in [-0.2, 0) is 6.42 Å². The lowest BCUT2D eigenvalue weighted by Crippen LogP contribution is -1.93. The van der Waals surface area contributed by atoms with Crippen molar-refractivity contribution in [3.8, 4) is 0 Å². The average molecular weight is 169 g/mol. The highest BCUT2D eigenvalue weighted by Crippen LogP contribution is 2.28. The number of ketones is 1. The summed E-state index contributed by atoms with van der Waals surface area (Å²) in [4.78, 5) is 15.7. The summed E-state index contributed by atoms with van der Waals surface area (Å²) in [5.41, 5.74) is 1.76. The van der Waals surface area contributed by atoms with Crippen molar-refractivity contribution in [2.75, 3.05) is 0 Å². The minimum atomic E-state index is 0.194. The van der Waals surface area contributed by atoms with Gasteiger partial charge in [0.15, 0.2) is 5.78 Å². The second-order valence-electron chi connectivity index (χ2n) is 3.26. The zero-order valence-corrected chi connectivity index (χ0v) is 6.95. The molecule has 1 aliphatic rings. The van der Waals surface area contributed by atoms with E-state index in [2.05, 4.69) is 4.98 Å². The second kappa shape index (κ2) is 2.16. The van der Waals surface area contributed by atoms with Crippen LogP contribution in [0, 0.1) is 0 Å². The first-order valence-electron chi connectivity index (χ1n) is 4.26. The predicted molar refractivity (Wildman–Crippen MR) is 49.8 cm³/mol. The molecule has 13 heavy (non-hydrogen) atoms. The van der Waals surface area contributed by atoms with Crippen molar-refractivity contribution in [3.05, 3.63) is 41.7 Å². The van der Waals surface area contributed by atoms with Gasteiger partial charge in [0.2, 0.25) is 0 Å². The van der Waals surface area contributed by atoms with E-state index in [1.54, 1.807) is 6.20 Å². The van der Waals surface area contributed by atoms with Gasteiger partial charge in [-0.05, 0) is 11.5 Å². The Morgan fingerprint density at radius 1 is 1.23 bits per heavy atom. The van der Waals surface area contributed by atoms with E-state index in [1.807, 2.05) is 24.3 Å². The fraction of sp³-hybridized carbons (Fsp3) is 0.0909. The minimum absolute atomic E-state index is 0.194. The highest BCUT2D eigenvalue weighted by Gasteiger charge is 2.21. The number of hydrogen-bond donors (Lipinski definition) is 0. The summed E-state index contributed by atoms with van der Waals surface area (Å²) < 4.78 is 0. The van der Waals surface area contributed by atoms with Crippen LogP contribution in [0.25, 0.3) is 10.8 Å². The Bertz CT molecular complexity index is 511. The molecule has 2 nitrogen and oxygen atoms in total. The molecule has 0 unspecified atom stereocenters. The summed E-state index contributed by atoms with van der Waals surface area (Å²) in [6, 6.07) is 7.76. The summed E-state index contributed by atoms with van der Waals surface area (Å²) in [5, 5.41) is 2.17. The number of carbonyl (C=O) groups excluding carboxylic acids is 1. The molecule has 0 radical (unpaired) electrons. The second-order valence-corrected chi connectivity index (χ2v) is 3.26. The number of Topliss-reactive ketones (excluding diaryl/α,β-unsaturated/α-hetero) is 1. The summed E-state index contributed by atoms with van der Waals surface area (Å²) in [5.74, 6) is 0.194. The average Bonchev–Trinajstić information content (AvgIpc) is 2.47. The fourth-order valence-electron chi connectivity index (χ4n) is 1.92. The third-order valence-corrected chi connectivity index (χ3v) is 2.50. The third kappa shape index (κ3) is 0.773. The summed E-state index contributed by atoms with van der Waals surface area (Å²) >= 11 is 0. The van der Waals surface area contributed by atoms with Crippen molar-refractivity contribution < 1.29 is 4.79 Å². The number of carbonyl (C=O) groups is 1. The molecule has 0 bridgehead atoms. The van der Waals surface area contributed by atoms with E-state index in [4.69, 9.17) is 0 Å². The van der Waals surface area contributed by atoms with Gasteiger partial charge in [0.25, 0.3) is 0 Å². The van der Waals surface area contributed by atoms with Gasteiger partial charge in [0, 0.05) is 17.1 Å². The number of rotatable bonds is 0. The third-order valence-electron chi connectivity index (χ3n) is 2.50. The summed E-state index contributed by atoms with van der Waals surface area (Å²) in [6.07, 6.45) is 2.23. The number of benzene rings is 1. The lowest BCUT2D eigenvalue weighted by atomic mass is 10.1. The number of hydrogen-bond acceptors (Lipinski definition) is 2. The topological polar surface area (TPSA) is 30.0 Å². The molecule has 0 atom stereocenters. The van der Waals surface area contributed by atoms with Gasteiger partial charge in [-0.3, -0.25) is 9.78 Å². The van der Waals surface area contributed by atoms with Crippen molar-refractivity contribution in [1.29, 1.82) is 0 Å². The van der Waals surface area contributed by atoms with Gasteiger partial charge in [-0.2, -0.15) is 0 Å². The lowest BCUT2D eigenvalue weighted by Gasteiger charge is -1.97. The van der Waals surface area contributed by atoms with Crippen LogP contribution >= 0.6 is 0 Å². The molecule has 0 saturated carbocycles. The quantitative estimate of drug-likeness (QED) is 0.603. The van der Waals surface area contributed by atoms with Crippen LogP contribution in [0.4, 0.5) is 0 Å².